The van der Waals surface area contributed by atoms with Gasteiger partial charge in [0.15, 0.2) is 0 Å². The highest BCUT2D eigenvalue weighted by Gasteiger charge is 2.46. The highest BCUT2D eigenvalue weighted by molar-refractivity contribution is 5.98. The molecule has 2 saturated heterocycles. The minimum Gasteiger partial charge on any atom is -0.347 e. The fourth-order valence-corrected chi connectivity index (χ4v) is 4.36. The first-order valence-corrected chi connectivity index (χ1v) is 10.8. The van der Waals surface area contributed by atoms with E-state index in [0.29, 0.717) is 31.5 Å². The summed E-state index contributed by atoms with van der Waals surface area (Å²) in [6.07, 6.45) is 2.65. The molecule has 0 aliphatic carbocycles. The molecule has 2 fully saturated rings. The molecule has 0 saturated carbocycles. The van der Waals surface area contributed by atoms with Crippen LogP contribution in [0.2, 0.25) is 0 Å². The molecule has 0 unspecified atom stereocenters. The van der Waals surface area contributed by atoms with E-state index in [1.807, 2.05) is 42.5 Å². The zero-order chi connectivity index (χ0) is 21.8. The molecule has 4 N–H and O–H groups in total. The van der Waals surface area contributed by atoms with Crippen LogP contribution in [0, 0.1) is 0 Å². The van der Waals surface area contributed by atoms with Gasteiger partial charge in [-0.2, -0.15) is 0 Å². The summed E-state index contributed by atoms with van der Waals surface area (Å²) in [4.78, 5) is 39.6. The monoisotopic (exact) mass is 420 g/mol. The molecule has 0 bridgehead atoms. The van der Waals surface area contributed by atoms with Crippen molar-refractivity contribution in [2.75, 3.05) is 13.1 Å². The predicted octanol–water partition coefficient (Wildman–Crippen LogP) is 1.68. The number of amides is 3. The topological polar surface area (TPSA) is 105 Å². The lowest BCUT2D eigenvalue weighted by Gasteiger charge is -2.34. The van der Waals surface area contributed by atoms with E-state index >= 15 is 0 Å². The van der Waals surface area contributed by atoms with E-state index in [-0.39, 0.29) is 23.8 Å². The zero-order valence-electron chi connectivity index (χ0n) is 17.4. The molecular formula is C24H28N4O3. The molecule has 0 radical (unpaired) electrons. The van der Waals surface area contributed by atoms with Crippen molar-refractivity contribution in [1.82, 2.24) is 15.5 Å². The second-order valence-electron chi connectivity index (χ2n) is 8.20. The van der Waals surface area contributed by atoms with Crippen molar-refractivity contribution in [3.05, 3.63) is 60.2 Å². The molecule has 3 amide bonds. The van der Waals surface area contributed by atoms with Gasteiger partial charge in [-0.05, 0) is 55.5 Å². The zero-order valence-corrected chi connectivity index (χ0v) is 17.4. The number of piperazine rings is 1. The molecule has 2 aliphatic heterocycles. The first-order chi connectivity index (χ1) is 15.1. The summed E-state index contributed by atoms with van der Waals surface area (Å²) >= 11 is 0. The Morgan fingerprint density at radius 3 is 2.45 bits per heavy atom. The van der Waals surface area contributed by atoms with Crippen LogP contribution in [-0.2, 0) is 9.59 Å². The number of hydrogen-bond donors (Lipinski definition) is 3. The van der Waals surface area contributed by atoms with Gasteiger partial charge in [-0.1, -0.05) is 42.5 Å². The van der Waals surface area contributed by atoms with Gasteiger partial charge in [-0.15, -0.1) is 0 Å². The summed E-state index contributed by atoms with van der Waals surface area (Å²) in [7, 11) is 0. The highest BCUT2D eigenvalue weighted by atomic mass is 16.2. The molecule has 31 heavy (non-hydrogen) atoms. The normalized spacial score (nSPS) is 22.7. The molecule has 2 heterocycles. The molecule has 7 nitrogen and oxygen atoms in total. The van der Waals surface area contributed by atoms with Crippen LogP contribution in [0.25, 0.3) is 11.1 Å². The van der Waals surface area contributed by atoms with E-state index in [1.54, 1.807) is 17.0 Å². The summed E-state index contributed by atoms with van der Waals surface area (Å²) < 4.78 is 0. The largest absolute Gasteiger partial charge is 0.347 e. The first-order valence-electron chi connectivity index (χ1n) is 10.8. The van der Waals surface area contributed by atoms with E-state index in [9.17, 15) is 14.4 Å². The second kappa shape index (κ2) is 9.31. The summed E-state index contributed by atoms with van der Waals surface area (Å²) in [6.45, 7) is 0.930. The quantitative estimate of drug-likeness (QED) is 0.593. The number of rotatable bonds is 7. The number of carbonyl (C=O) groups excluding carboxylic acids is 3. The van der Waals surface area contributed by atoms with Crippen molar-refractivity contribution in [1.29, 1.82) is 0 Å². The molecule has 2 aliphatic rings. The predicted molar refractivity (Wildman–Crippen MR) is 118 cm³/mol. The van der Waals surface area contributed by atoms with Crippen molar-refractivity contribution in [3.63, 3.8) is 0 Å². The Bertz CT molecular complexity index is 945. The SMILES string of the molecule is NCCCC[C@@H]1NC(=O)[C@@H]2C[C@H](NC(=O)c3ccc(-c4ccccc4)cc3)CN2C1=O. The van der Waals surface area contributed by atoms with E-state index in [4.69, 9.17) is 5.73 Å². The van der Waals surface area contributed by atoms with Gasteiger partial charge in [0.2, 0.25) is 11.8 Å². The van der Waals surface area contributed by atoms with Crippen LogP contribution in [0.4, 0.5) is 0 Å². The van der Waals surface area contributed by atoms with Gasteiger partial charge in [0.05, 0.1) is 0 Å². The molecule has 2 aromatic rings. The fourth-order valence-electron chi connectivity index (χ4n) is 4.36. The average molecular weight is 421 g/mol. The van der Waals surface area contributed by atoms with Crippen LogP contribution in [0.1, 0.15) is 36.0 Å². The third kappa shape index (κ3) is 4.61. The summed E-state index contributed by atoms with van der Waals surface area (Å²) in [5.41, 5.74) is 8.20. The molecule has 0 spiro atoms. The lowest BCUT2D eigenvalue weighted by atomic mass is 10.0. The summed E-state index contributed by atoms with van der Waals surface area (Å²) in [6, 6.07) is 16.2. The van der Waals surface area contributed by atoms with Crippen LogP contribution in [0.3, 0.4) is 0 Å². The molecule has 0 aromatic heterocycles. The number of unbranched alkanes of at least 4 members (excludes halogenated alkanes) is 1. The van der Waals surface area contributed by atoms with E-state index in [0.717, 1.165) is 24.0 Å². The molecular weight excluding hydrogens is 392 g/mol. The Morgan fingerprint density at radius 1 is 1.03 bits per heavy atom. The van der Waals surface area contributed by atoms with Gasteiger partial charge in [-0.25, -0.2) is 0 Å². The Balaban J connectivity index is 1.37. The van der Waals surface area contributed by atoms with Crippen molar-refractivity contribution < 1.29 is 14.4 Å². The van der Waals surface area contributed by atoms with E-state index in [2.05, 4.69) is 10.6 Å². The minimum absolute atomic E-state index is 0.0643. The van der Waals surface area contributed by atoms with E-state index < -0.39 is 12.1 Å². The van der Waals surface area contributed by atoms with Crippen LogP contribution < -0.4 is 16.4 Å². The van der Waals surface area contributed by atoms with Gasteiger partial charge in [0, 0.05) is 18.2 Å². The lowest BCUT2D eigenvalue weighted by molar-refractivity contribution is -0.147. The maximum Gasteiger partial charge on any atom is 0.251 e. The number of carbonyl (C=O) groups is 3. The van der Waals surface area contributed by atoms with Gasteiger partial charge < -0.3 is 21.3 Å². The van der Waals surface area contributed by atoms with Crippen molar-refractivity contribution in [2.45, 2.75) is 43.8 Å². The average Bonchev–Trinajstić information content (AvgIpc) is 3.22. The van der Waals surface area contributed by atoms with Gasteiger partial charge in [-0.3, -0.25) is 14.4 Å². The highest BCUT2D eigenvalue weighted by Crippen LogP contribution is 2.25. The number of nitrogens with zero attached hydrogens (tertiary/aromatic N) is 1. The van der Waals surface area contributed by atoms with Crippen LogP contribution in [0.5, 0.6) is 0 Å². The fraction of sp³-hybridized carbons (Fsp3) is 0.375. The maximum atomic E-state index is 12.8. The number of hydrogen-bond acceptors (Lipinski definition) is 4. The molecule has 4 rings (SSSR count). The standard InChI is InChI=1S/C24H28N4O3/c25-13-5-4-8-20-24(31)28-15-19(14-21(28)23(30)27-20)26-22(29)18-11-9-17(10-12-18)16-6-2-1-3-7-16/h1-3,6-7,9-12,19-21H,4-5,8,13-15,25H2,(H,26,29)(H,27,30)/t19-,20-,21-/m0/s1. The molecule has 162 valence electrons. The third-order valence-electron chi connectivity index (χ3n) is 6.04. The van der Waals surface area contributed by atoms with Crippen LogP contribution in [-0.4, -0.2) is 53.8 Å². The Labute approximate surface area is 182 Å². The van der Waals surface area contributed by atoms with Gasteiger partial charge in [0.1, 0.15) is 12.1 Å². The molecule has 3 atom stereocenters. The summed E-state index contributed by atoms with van der Waals surface area (Å²) in [5.74, 6) is -0.399. The Hall–Kier alpha value is -3.19. The third-order valence-corrected chi connectivity index (χ3v) is 6.04. The molecule has 2 aromatic carbocycles. The second-order valence-corrected chi connectivity index (χ2v) is 8.20. The smallest absolute Gasteiger partial charge is 0.251 e. The minimum atomic E-state index is -0.510. The lowest BCUT2D eigenvalue weighted by Crippen LogP contribution is -2.61. The summed E-state index contributed by atoms with van der Waals surface area (Å²) in [5, 5.41) is 5.83. The van der Waals surface area contributed by atoms with Crippen molar-refractivity contribution >= 4 is 17.7 Å². The van der Waals surface area contributed by atoms with Gasteiger partial charge >= 0.3 is 0 Å². The van der Waals surface area contributed by atoms with E-state index in [1.165, 1.54) is 0 Å². The number of benzene rings is 2. The van der Waals surface area contributed by atoms with Crippen molar-refractivity contribution in [3.8, 4) is 11.1 Å². The first kappa shape index (κ1) is 21.1. The number of nitrogens with two attached hydrogens (primary N) is 1. The number of fused-ring (bicyclic) bond motifs is 1. The van der Waals surface area contributed by atoms with Crippen LogP contribution >= 0.6 is 0 Å². The van der Waals surface area contributed by atoms with Gasteiger partial charge in [0.25, 0.3) is 5.91 Å². The van der Waals surface area contributed by atoms with Crippen molar-refractivity contribution in [2.24, 2.45) is 5.73 Å². The number of nitrogens with one attached hydrogen (secondary N) is 2. The van der Waals surface area contributed by atoms with Crippen LogP contribution in [0.15, 0.2) is 54.6 Å². The Kier molecular flexibility index (Phi) is 6.32. The maximum absolute atomic E-state index is 12.8. The Morgan fingerprint density at radius 2 is 1.74 bits per heavy atom. The molecule has 7 heteroatoms.